The lowest BCUT2D eigenvalue weighted by atomic mass is 9.64. The maximum atomic E-state index is 9.59. The van der Waals surface area contributed by atoms with Crippen LogP contribution in [-0.2, 0) is 14.3 Å². The first-order valence-corrected chi connectivity index (χ1v) is 7.12. The minimum atomic E-state index is -0.245. The molecule has 1 aliphatic carbocycles. The Hall–Kier alpha value is -1.24. The van der Waals surface area contributed by atoms with E-state index in [-0.39, 0.29) is 5.97 Å². The Kier molecular flexibility index (Phi) is 14.0. The van der Waals surface area contributed by atoms with Crippen LogP contribution in [0.3, 0.4) is 0 Å². The number of hydrogen-bond donors (Lipinski definition) is 0. The molecule has 3 atom stereocenters. The van der Waals surface area contributed by atoms with E-state index in [1.54, 1.807) is 6.26 Å². The molecule has 4 heteroatoms. The number of esters is 1. The lowest BCUT2D eigenvalue weighted by Gasteiger charge is -2.42. The molecule has 0 aromatic rings. The van der Waals surface area contributed by atoms with Crippen molar-refractivity contribution in [1.82, 2.24) is 0 Å². The quantitative estimate of drug-likeness (QED) is 0.577. The van der Waals surface area contributed by atoms with Gasteiger partial charge in [-0.05, 0) is 24.2 Å². The average Bonchev–Trinajstić information content (AvgIpc) is 2.43. The van der Waals surface area contributed by atoms with Gasteiger partial charge < -0.3 is 9.47 Å². The first-order valence-electron chi connectivity index (χ1n) is 7.12. The molecule has 0 radical (unpaired) electrons. The predicted molar refractivity (Wildman–Crippen MR) is 76.3 cm³/mol. The number of rotatable bonds is 4. The number of carbonyl (C=O) groups excluding carboxylic acids is 1. The van der Waals surface area contributed by atoms with Crippen LogP contribution in [0.15, 0.2) is 0 Å². The van der Waals surface area contributed by atoms with E-state index in [0.29, 0.717) is 12.5 Å². The van der Waals surface area contributed by atoms with E-state index >= 15 is 0 Å². The number of ether oxygens (including phenoxy) is 2. The molecule has 112 valence electrons. The van der Waals surface area contributed by atoms with Crippen LogP contribution >= 0.6 is 0 Å². The van der Waals surface area contributed by atoms with Crippen LogP contribution in [-0.4, -0.2) is 19.7 Å². The molecule has 0 aromatic carbocycles. The first kappa shape index (κ1) is 20.1. The summed E-state index contributed by atoms with van der Waals surface area (Å²) in [6.45, 7) is 10.5. The standard InChI is InChI=1S/C10H17NO.C3H6O2.C2H6/c1-3-4-10-8(2)5-9(10)6-12-7-11;1-3(4)5-2;1-2/h8-10H,3-6H2,1-2H3;1-2H3;1-2H3/t8-,9?,10-;;/m0../s1. The number of nitrogens with zero attached hydrogens (tertiary/aromatic N) is 1. The predicted octanol–water partition coefficient (Wildman–Crippen LogP) is 3.76. The van der Waals surface area contributed by atoms with Crippen LogP contribution in [0.1, 0.15) is 53.9 Å². The minimum Gasteiger partial charge on any atom is -0.469 e. The minimum absolute atomic E-state index is 0.245. The van der Waals surface area contributed by atoms with Crippen molar-refractivity contribution in [3.05, 3.63) is 0 Å². The summed E-state index contributed by atoms with van der Waals surface area (Å²) < 4.78 is 8.88. The van der Waals surface area contributed by atoms with Crippen molar-refractivity contribution in [2.24, 2.45) is 17.8 Å². The van der Waals surface area contributed by atoms with Gasteiger partial charge in [-0.3, -0.25) is 4.79 Å². The zero-order chi connectivity index (χ0) is 15.3. The second-order valence-electron chi connectivity index (χ2n) is 4.52. The second kappa shape index (κ2) is 13.2. The van der Waals surface area contributed by atoms with Crippen LogP contribution in [0.2, 0.25) is 0 Å². The molecule has 1 unspecified atom stereocenters. The van der Waals surface area contributed by atoms with Crippen molar-refractivity contribution in [3.8, 4) is 6.26 Å². The second-order valence-corrected chi connectivity index (χ2v) is 4.52. The number of nitriles is 1. The van der Waals surface area contributed by atoms with Gasteiger partial charge in [0.15, 0.2) is 0 Å². The molecule has 0 N–H and O–H groups in total. The number of hydrogen-bond acceptors (Lipinski definition) is 4. The Morgan fingerprint density at radius 3 is 2.26 bits per heavy atom. The van der Waals surface area contributed by atoms with Crippen molar-refractivity contribution in [3.63, 3.8) is 0 Å². The Morgan fingerprint density at radius 2 is 1.95 bits per heavy atom. The number of carbonyl (C=O) groups is 1. The molecular formula is C15H29NO3. The molecule has 1 aliphatic rings. The summed E-state index contributed by atoms with van der Waals surface area (Å²) in [5.74, 6) is 2.06. The highest BCUT2D eigenvalue weighted by molar-refractivity contribution is 5.65. The van der Waals surface area contributed by atoms with Gasteiger partial charge in [0.2, 0.25) is 0 Å². The first-order chi connectivity index (χ1) is 9.06. The van der Waals surface area contributed by atoms with Gasteiger partial charge in [-0.25, -0.2) is 0 Å². The zero-order valence-corrected chi connectivity index (χ0v) is 13.2. The van der Waals surface area contributed by atoms with E-state index in [2.05, 4.69) is 18.6 Å². The van der Waals surface area contributed by atoms with Crippen LogP contribution in [0.25, 0.3) is 0 Å². The molecule has 0 amide bonds. The van der Waals surface area contributed by atoms with Gasteiger partial charge in [0.1, 0.15) is 6.61 Å². The third-order valence-corrected chi connectivity index (χ3v) is 3.28. The van der Waals surface area contributed by atoms with Gasteiger partial charge in [-0.1, -0.05) is 40.5 Å². The molecule has 1 rings (SSSR count). The van der Waals surface area contributed by atoms with Crippen LogP contribution in [0, 0.1) is 29.3 Å². The van der Waals surface area contributed by atoms with Crippen molar-refractivity contribution in [1.29, 1.82) is 5.26 Å². The summed E-state index contributed by atoms with van der Waals surface area (Å²) in [6, 6.07) is 0. The van der Waals surface area contributed by atoms with E-state index in [1.165, 1.54) is 33.3 Å². The van der Waals surface area contributed by atoms with Crippen molar-refractivity contribution in [2.75, 3.05) is 13.7 Å². The highest BCUT2D eigenvalue weighted by atomic mass is 16.5. The average molecular weight is 271 g/mol. The maximum Gasteiger partial charge on any atom is 0.302 e. The largest absolute Gasteiger partial charge is 0.469 e. The van der Waals surface area contributed by atoms with E-state index in [9.17, 15) is 4.79 Å². The summed E-state index contributed by atoms with van der Waals surface area (Å²) in [4.78, 5) is 9.59. The lowest BCUT2D eigenvalue weighted by Crippen LogP contribution is -2.37. The molecule has 0 heterocycles. The fourth-order valence-electron chi connectivity index (χ4n) is 2.29. The lowest BCUT2D eigenvalue weighted by molar-refractivity contribution is -0.137. The molecular weight excluding hydrogens is 242 g/mol. The number of methoxy groups -OCH3 is 1. The van der Waals surface area contributed by atoms with Crippen LogP contribution in [0.5, 0.6) is 0 Å². The highest BCUT2D eigenvalue weighted by Crippen LogP contribution is 2.42. The van der Waals surface area contributed by atoms with Gasteiger partial charge in [0.25, 0.3) is 6.26 Å². The molecule has 1 saturated carbocycles. The monoisotopic (exact) mass is 271 g/mol. The molecule has 1 fully saturated rings. The third kappa shape index (κ3) is 9.35. The normalized spacial score (nSPS) is 23.3. The Labute approximate surface area is 118 Å². The summed E-state index contributed by atoms with van der Waals surface area (Å²) in [5.41, 5.74) is 0. The van der Waals surface area contributed by atoms with Crippen LogP contribution < -0.4 is 0 Å². The topological polar surface area (TPSA) is 59.3 Å². The molecule has 0 aromatic heterocycles. The van der Waals surface area contributed by atoms with Crippen molar-refractivity contribution >= 4 is 5.97 Å². The smallest absolute Gasteiger partial charge is 0.302 e. The molecule has 0 aliphatic heterocycles. The Balaban J connectivity index is 0. The van der Waals surface area contributed by atoms with E-state index < -0.39 is 0 Å². The summed E-state index contributed by atoms with van der Waals surface area (Å²) >= 11 is 0. The molecule has 0 spiro atoms. The summed E-state index contributed by atoms with van der Waals surface area (Å²) in [7, 11) is 1.35. The van der Waals surface area contributed by atoms with Crippen LogP contribution in [0.4, 0.5) is 0 Å². The Bertz CT molecular complexity index is 261. The third-order valence-electron chi connectivity index (χ3n) is 3.28. The van der Waals surface area contributed by atoms with Gasteiger partial charge >= 0.3 is 5.97 Å². The van der Waals surface area contributed by atoms with E-state index in [0.717, 1.165) is 11.8 Å². The highest BCUT2D eigenvalue weighted by Gasteiger charge is 2.37. The summed E-state index contributed by atoms with van der Waals surface area (Å²) in [5, 5.41) is 8.24. The van der Waals surface area contributed by atoms with Gasteiger partial charge in [0, 0.05) is 6.92 Å². The van der Waals surface area contributed by atoms with Gasteiger partial charge in [0.05, 0.1) is 7.11 Å². The fraction of sp³-hybridized carbons (Fsp3) is 0.867. The van der Waals surface area contributed by atoms with E-state index in [1.807, 2.05) is 13.8 Å². The van der Waals surface area contributed by atoms with Crippen molar-refractivity contribution < 1.29 is 14.3 Å². The van der Waals surface area contributed by atoms with Gasteiger partial charge in [-0.15, -0.1) is 0 Å². The molecule has 4 nitrogen and oxygen atoms in total. The Morgan fingerprint density at radius 1 is 1.42 bits per heavy atom. The fourth-order valence-corrected chi connectivity index (χ4v) is 2.29. The maximum absolute atomic E-state index is 9.59. The zero-order valence-electron chi connectivity index (χ0n) is 13.2. The van der Waals surface area contributed by atoms with Gasteiger partial charge in [-0.2, -0.15) is 5.26 Å². The summed E-state index contributed by atoms with van der Waals surface area (Å²) in [6.07, 6.45) is 5.53. The molecule has 0 bridgehead atoms. The SMILES string of the molecule is CC.CCC[C@@H]1C(COC#N)C[C@@H]1C.COC(C)=O. The van der Waals surface area contributed by atoms with E-state index in [4.69, 9.17) is 10.00 Å². The molecule has 19 heavy (non-hydrogen) atoms. The van der Waals surface area contributed by atoms with Crippen molar-refractivity contribution in [2.45, 2.75) is 53.9 Å². The molecule has 0 saturated heterocycles.